The topological polar surface area (TPSA) is 61.8 Å². The Morgan fingerprint density at radius 3 is 2.36 bits per heavy atom. The van der Waals surface area contributed by atoms with Gasteiger partial charge in [-0.05, 0) is 49.6 Å². The third-order valence-corrected chi connectivity index (χ3v) is 4.21. The zero-order valence-corrected chi connectivity index (χ0v) is 16.7. The Labute approximate surface area is 165 Å². The van der Waals surface area contributed by atoms with Gasteiger partial charge in [-0.2, -0.15) is 0 Å². The average Bonchev–Trinajstić information content (AvgIpc) is 2.72. The first-order valence-corrected chi connectivity index (χ1v) is 9.31. The molecule has 2 aromatic carbocycles. The van der Waals surface area contributed by atoms with E-state index in [1.165, 1.54) is 6.08 Å². The lowest BCUT2D eigenvalue weighted by Crippen LogP contribution is -2.23. The molecule has 0 saturated carbocycles. The second kappa shape index (κ2) is 10.3. The highest BCUT2D eigenvalue weighted by molar-refractivity contribution is 6.01. The summed E-state index contributed by atoms with van der Waals surface area (Å²) in [6, 6.07) is 12.7. The first kappa shape index (κ1) is 21.2. The lowest BCUT2D eigenvalue weighted by Gasteiger charge is -2.11. The normalized spacial score (nSPS) is 11.9. The molecule has 0 aliphatic rings. The molecule has 5 heteroatoms. The molecule has 28 heavy (non-hydrogen) atoms. The number of ketones is 1. The van der Waals surface area contributed by atoms with E-state index in [4.69, 9.17) is 14.2 Å². The molecule has 0 aromatic heterocycles. The van der Waals surface area contributed by atoms with Gasteiger partial charge in [-0.15, -0.1) is 0 Å². The van der Waals surface area contributed by atoms with E-state index in [-0.39, 0.29) is 5.78 Å². The van der Waals surface area contributed by atoms with Gasteiger partial charge in [0.1, 0.15) is 0 Å². The van der Waals surface area contributed by atoms with E-state index in [2.05, 4.69) is 0 Å². The van der Waals surface area contributed by atoms with Crippen LogP contribution in [0.1, 0.15) is 42.3 Å². The van der Waals surface area contributed by atoms with Crippen LogP contribution in [-0.2, 0) is 16.0 Å². The molecular formula is C23H26O5. The molecule has 5 nitrogen and oxygen atoms in total. The van der Waals surface area contributed by atoms with Crippen LogP contribution >= 0.6 is 0 Å². The summed E-state index contributed by atoms with van der Waals surface area (Å²) in [6.07, 6.45) is 2.94. The van der Waals surface area contributed by atoms with Crippen molar-refractivity contribution < 1.29 is 23.8 Å². The smallest absolute Gasteiger partial charge is 0.331 e. The SMILES string of the molecule is CCOc1ccc(/C=C/C(=O)O[C@H](C)C(=O)c2ccc(CC)cc2)cc1OC. The number of esters is 1. The Hall–Kier alpha value is -3.08. The number of benzene rings is 2. The Morgan fingerprint density at radius 2 is 1.75 bits per heavy atom. The Kier molecular flexibility index (Phi) is 7.81. The number of hydrogen-bond acceptors (Lipinski definition) is 5. The minimum absolute atomic E-state index is 0.230. The number of carbonyl (C=O) groups excluding carboxylic acids is 2. The molecule has 0 saturated heterocycles. The summed E-state index contributed by atoms with van der Waals surface area (Å²) in [5, 5.41) is 0. The Morgan fingerprint density at radius 1 is 1.04 bits per heavy atom. The first-order valence-electron chi connectivity index (χ1n) is 9.31. The first-order chi connectivity index (χ1) is 13.5. The minimum atomic E-state index is -0.862. The van der Waals surface area contributed by atoms with Crippen molar-refractivity contribution in [1.82, 2.24) is 0 Å². The maximum Gasteiger partial charge on any atom is 0.331 e. The number of ether oxygens (including phenoxy) is 3. The van der Waals surface area contributed by atoms with Crippen molar-refractivity contribution in [3.63, 3.8) is 0 Å². The largest absolute Gasteiger partial charge is 0.493 e. The minimum Gasteiger partial charge on any atom is -0.493 e. The molecule has 0 heterocycles. The summed E-state index contributed by atoms with van der Waals surface area (Å²) in [4.78, 5) is 24.5. The van der Waals surface area contributed by atoms with E-state index in [0.29, 0.717) is 23.7 Å². The standard InChI is InChI=1S/C23H26O5/c1-5-17-7-11-19(12-8-17)23(25)16(3)28-22(24)14-10-18-9-13-20(27-6-2)21(15-18)26-4/h7-16H,5-6H2,1-4H3/b14-10+/t16-/m1/s1. The fourth-order valence-corrected chi connectivity index (χ4v) is 2.63. The lowest BCUT2D eigenvalue weighted by molar-refractivity contribution is -0.140. The van der Waals surface area contributed by atoms with Gasteiger partial charge < -0.3 is 14.2 Å². The van der Waals surface area contributed by atoms with Crippen molar-refractivity contribution >= 4 is 17.8 Å². The van der Waals surface area contributed by atoms with Crippen LogP contribution in [0.5, 0.6) is 11.5 Å². The van der Waals surface area contributed by atoms with Crippen LogP contribution in [0.25, 0.3) is 6.08 Å². The summed E-state index contributed by atoms with van der Waals surface area (Å²) in [6.45, 7) is 6.05. The number of hydrogen-bond donors (Lipinski definition) is 0. The van der Waals surface area contributed by atoms with E-state index in [1.807, 2.05) is 26.0 Å². The van der Waals surface area contributed by atoms with Gasteiger partial charge in [0, 0.05) is 11.6 Å². The van der Waals surface area contributed by atoms with Gasteiger partial charge in [0.05, 0.1) is 13.7 Å². The number of rotatable bonds is 9. The van der Waals surface area contributed by atoms with E-state index in [1.54, 1.807) is 50.4 Å². The molecule has 0 fully saturated rings. The summed E-state index contributed by atoms with van der Waals surface area (Å²) < 4.78 is 16.0. The molecule has 148 valence electrons. The van der Waals surface area contributed by atoms with Crippen LogP contribution in [0.2, 0.25) is 0 Å². The molecule has 0 radical (unpaired) electrons. The molecule has 0 bridgehead atoms. The predicted molar refractivity (Wildman–Crippen MR) is 109 cm³/mol. The van der Waals surface area contributed by atoms with Gasteiger partial charge in [-0.1, -0.05) is 37.3 Å². The second-order valence-corrected chi connectivity index (χ2v) is 6.17. The summed E-state index contributed by atoms with van der Waals surface area (Å²) in [5.41, 5.74) is 2.43. The fourth-order valence-electron chi connectivity index (χ4n) is 2.63. The van der Waals surface area contributed by atoms with Crippen LogP contribution in [0.15, 0.2) is 48.5 Å². The number of aryl methyl sites for hydroxylation is 1. The van der Waals surface area contributed by atoms with Crippen molar-refractivity contribution in [3.05, 3.63) is 65.2 Å². The monoisotopic (exact) mass is 382 g/mol. The van der Waals surface area contributed by atoms with Crippen LogP contribution in [0.3, 0.4) is 0 Å². The maximum absolute atomic E-state index is 12.4. The van der Waals surface area contributed by atoms with E-state index in [0.717, 1.165) is 17.5 Å². The number of methoxy groups -OCH3 is 1. The van der Waals surface area contributed by atoms with E-state index < -0.39 is 12.1 Å². The van der Waals surface area contributed by atoms with E-state index in [9.17, 15) is 9.59 Å². The van der Waals surface area contributed by atoms with Crippen LogP contribution in [0, 0.1) is 0 Å². The van der Waals surface area contributed by atoms with Crippen molar-refractivity contribution in [2.24, 2.45) is 0 Å². The second-order valence-electron chi connectivity index (χ2n) is 6.17. The molecule has 1 atom stereocenters. The van der Waals surface area contributed by atoms with Gasteiger partial charge in [-0.3, -0.25) is 4.79 Å². The van der Waals surface area contributed by atoms with Crippen LogP contribution in [-0.4, -0.2) is 31.6 Å². The molecule has 0 N–H and O–H groups in total. The number of carbonyl (C=O) groups is 2. The van der Waals surface area contributed by atoms with Gasteiger partial charge in [0.15, 0.2) is 17.6 Å². The Balaban J connectivity index is 1.99. The molecule has 0 spiro atoms. The lowest BCUT2D eigenvalue weighted by atomic mass is 10.0. The molecule has 0 aliphatic carbocycles. The summed E-state index contributed by atoms with van der Waals surface area (Å²) in [7, 11) is 1.56. The Bertz CT molecular complexity index is 837. The zero-order chi connectivity index (χ0) is 20.5. The van der Waals surface area contributed by atoms with Crippen molar-refractivity contribution in [3.8, 4) is 11.5 Å². The van der Waals surface area contributed by atoms with Crippen molar-refractivity contribution in [2.75, 3.05) is 13.7 Å². The third kappa shape index (κ3) is 5.71. The molecular weight excluding hydrogens is 356 g/mol. The average molecular weight is 382 g/mol. The maximum atomic E-state index is 12.4. The van der Waals surface area contributed by atoms with Gasteiger partial charge in [0.25, 0.3) is 0 Å². The zero-order valence-electron chi connectivity index (χ0n) is 16.7. The fraction of sp³-hybridized carbons (Fsp3) is 0.304. The predicted octanol–water partition coefficient (Wildman–Crippen LogP) is 4.48. The quantitative estimate of drug-likeness (QED) is 0.363. The van der Waals surface area contributed by atoms with Crippen LogP contribution < -0.4 is 9.47 Å². The number of Topliss-reactive ketones (excluding diaryl/α,β-unsaturated/α-hetero) is 1. The summed E-state index contributed by atoms with van der Waals surface area (Å²) >= 11 is 0. The molecule has 0 unspecified atom stereocenters. The van der Waals surface area contributed by atoms with E-state index >= 15 is 0 Å². The molecule has 0 amide bonds. The van der Waals surface area contributed by atoms with Crippen LogP contribution in [0.4, 0.5) is 0 Å². The third-order valence-electron chi connectivity index (χ3n) is 4.21. The van der Waals surface area contributed by atoms with Gasteiger partial charge in [-0.25, -0.2) is 4.79 Å². The van der Waals surface area contributed by atoms with Crippen molar-refractivity contribution in [2.45, 2.75) is 33.3 Å². The highest BCUT2D eigenvalue weighted by atomic mass is 16.5. The van der Waals surface area contributed by atoms with Crippen molar-refractivity contribution in [1.29, 1.82) is 0 Å². The summed E-state index contributed by atoms with van der Waals surface area (Å²) in [5.74, 6) is 0.403. The molecule has 0 aliphatic heterocycles. The molecule has 2 aromatic rings. The van der Waals surface area contributed by atoms with Gasteiger partial charge in [0.2, 0.25) is 5.78 Å². The van der Waals surface area contributed by atoms with Gasteiger partial charge >= 0.3 is 5.97 Å². The molecule has 2 rings (SSSR count). The highest BCUT2D eigenvalue weighted by Crippen LogP contribution is 2.28. The highest BCUT2D eigenvalue weighted by Gasteiger charge is 2.18.